The molecule has 2 amide bonds. The Morgan fingerprint density at radius 3 is 2.57 bits per heavy atom. The fraction of sp³-hybridized carbons (Fsp3) is 0.467. The molecule has 116 valence electrons. The predicted octanol–water partition coefficient (Wildman–Crippen LogP) is 2.50. The molecule has 1 aromatic carbocycles. The van der Waals surface area contributed by atoms with Crippen molar-refractivity contribution in [2.75, 3.05) is 32.6 Å². The van der Waals surface area contributed by atoms with E-state index in [0.29, 0.717) is 18.8 Å². The Balaban J connectivity index is 2.87. The first kappa shape index (κ1) is 17.0. The highest BCUT2D eigenvalue weighted by atomic mass is 16.5. The van der Waals surface area contributed by atoms with Crippen LogP contribution >= 0.6 is 0 Å². The predicted molar refractivity (Wildman–Crippen MR) is 81.0 cm³/mol. The number of urea groups is 1. The molecule has 0 aliphatic heterocycles. The average molecular weight is 294 g/mol. The lowest BCUT2D eigenvalue weighted by molar-refractivity contribution is 0.0698. The molecule has 0 saturated carbocycles. The Labute approximate surface area is 124 Å². The number of carbonyl (C=O) groups excluding carboxylic acids is 1. The SMILES string of the molecule is COCCCN(C)C(=O)Nc1c(C)cc(C)cc1C(=O)O. The van der Waals surface area contributed by atoms with Gasteiger partial charge in [0.25, 0.3) is 0 Å². The van der Waals surface area contributed by atoms with E-state index in [2.05, 4.69) is 5.32 Å². The molecule has 21 heavy (non-hydrogen) atoms. The van der Waals surface area contributed by atoms with Gasteiger partial charge in [-0.05, 0) is 37.5 Å². The number of carboxylic acid groups (broad SMARTS) is 1. The van der Waals surface area contributed by atoms with E-state index < -0.39 is 5.97 Å². The quantitative estimate of drug-likeness (QED) is 0.790. The summed E-state index contributed by atoms with van der Waals surface area (Å²) in [6.07, 6.45) is 0.721. The minimum Gasteiger partial charge on any atom is -0.478 e. The van der Waals surface area contributed by atoms with Gasteiger partial charge in [-0.15, -0.1) is 0 Å². The topological polar surface area (TPSA) is 78.9 Å². The van der Waals surface area contributed by atoms with Gasteiger partial charge in [0.05, 0.1) is 11.3 Å². The zero-order valence-electron chi connectivity index (χ0n) is 12.9. The summed E-state index contributed by atoms with van der Waals surface area (Å²) in [6, 6.07) is 3.06. The van der Waals surface area contributed by atoms with E-state index in [1.54, 1.807) is 27.1 Å². The summed E-state index contributed by atoms with van der Waals surface area (Å²) >= 11 is 0. The number of ether oxygens (including phenoxy) is 1. The fourth-order valence-corrected chi connectivity index (χ4v) is 2.05. The smallest absolute Gasteiger partial charge is 0.337 e. The number of carbonyl (C=O) groups is 2. The second-order valence-corrected chi connectivity index (χ2v) is 5.01. The summed E-state index contributed by atoms with van der Waals surface area (Å²) in [5, 5.41) is 11.9. The number of nitrogens with zero attached hydrogens (tertiary/aromatic N) is 1. The number of benzene rings is 1. The van der Waals surface area contributed by atoms with Crippen LogP contribution in [0.3, 0.4) is 0 Å². The molecule has 1 rings (SSSR count). The van der Waals surface area contributed by atoms with Gasteiger partial charge in [-0.1, -0.05) is 6.07 Å². The van der Waals surface area contributed by atoms with E-state index >= 15 is 0 Å². The van der Waals surface area contributed by atoms with Crippen molar-refractivity contribution in [1.82, 2.24) is 4.90 Å². The normalized spacial score (nSPS) is 10.3. The van der Waals surface area contributed by atoms with Crippen LogP contribution < -0.4 is 5.32 Å². The third-order valence-corrected chi connectivity index (χ3v) is 3.13. The van der Waals surface area contributed by atoms with Crippen LogP contribution in [0.4, 0.5) is 10.5 Å². The Morgan fingerprint density at radius 1 is 1.33 bits per heavy atom. The van der Waals surface area contributed by atoms with E-state index in [1.165, 1.54) is 4.90 Å². The highest BCUT2D eigenvalue weighted by Gasteiger charge is 2.17. The van der Waals surface area contributed by atoms with Crippen LogP contribution in [-0.4, -0.2) is 49.3 Å². The standard InChI is InChI=1S/C15H22N2O4/c1-10-8-11(2)13(12(9-10)14(18)19)16-15(20)17(3)6-5-7-21-4/h8-9H,5-7H2,1-4H3,(H,16,20)(H,18,19). The van der Waals surface area contributed by atoms with Crippen LogP contribution in [0.1, 0.15) is 27.9 Å². The summed E-state index contributed by atoms with van der Waals surface area (Å²) in [5.74, 6) is -1.06. The number of nitrogens with one attached hydrogen (secondary N) is 1. The van der Waals surface area contributed by atoms with Gasteiger partial charge in [0.1, 0.15) is 0 Å². The second kappa shape index (κ2) is 7.64. The Morgan fingerprint density at radius 2 is 2.00 bits per heavy atom. The van der Waals surface area contributed by atoms with E-state index in [9.17, 15) is 14.7 Å². The third kappa shape index (κ3) is 4.75. The first-order valence-corrected chi connectivity index (χ1v) is 6.72. The van der Waals surface area contributed by atoms with Gasteiger partial charge in [0, 0.05) is 27.3 Å². The number of carboxylic acids is 1. The van der Waals surface area contributed by atoms with Crippen molar-refractivity contribution in [2.45, 2.75) is 20.3 Å². The highest BCUT2D eigenvalue weighted by molar-refractivity contribution is 6.01. The maximum Gasteiger partial charge on any atom is 0.337 e. The number of methoxy groups -OCH3 is 1. The maximum absolute atomic E-state index is 12.1. The highest BCUT2D eigenvalue weighted by Crippen LogP contribution is 2.23. The Hall–Kier alpha value is -2.08. The number of rotatable bonds is 6. The van der Waals surface area contributed by atoms with Crippen LogP contribution in [0.25, 0.3) is 0 Å². The van der Waals surface area contributed by atoms with Crippen LogP contribution in [-0.2, 0) is 4.74 Å². The monoisotopic (exact) mass is 294 g/mol. The maximum atomic E-state index is 12.1. The molecule has 0 unspecified atom stereocenters. The molecule has 0 aliphatic carbocycles. The molecular formula is C15H22N2O4. The van der Waals surface area contributed by atoms with Crippen molar-refractivity contribution in [3.05, 3.63) is 28.8 Å². The van der Waals surface area contributed by atoms with E-state index in [1.807, 2.05) is 13.0 Å². The summed E-state index contributed by atoms with van der Waals surface area (Å²) in [4.78, 5) is 24.9. The van der Waals surface area contributed by atoms with Gasteiger partial charge in [-0.3, -0.25) is 0 Å². The lowest BCUT2D eigenvalue weighted by Crippen LogP contribution is -2.33. The molecule has 0 saturated heterocycles. The number of hydrogen-bond acceptors (Lipinski definition) is 3. The lowest BCUT2D eigenvalue weighted by atomic mass is 10.0. The molecule has 0 aliphatic rings. The van der Waals surface area contributed by atoms with Gasteiger partial charge < -0.3 is 20.1 Å². The Kier molecular flexibility index (Phi) is 6.17. The van der Waals surface area contributed by atoms with Crippen molar-refractivity contribution in [3.63, 3.8) is 0 Å². The fourth-order valence-electron chi connectivity index (χ4n) is 2.05. The molecule has 0 heterocycles. The molecule has 0 spiro atoms. The number of amides is 2. The van der Waals surface area contributed by atoms with Crippen LogP contribution in [0.15, 0.2) is 12.1 Å². The summed E-state index contributed by atoms with van der Waals surface area (Å²) in [7, 11) is 3.27. The molecule has 0 atom stereocenters. The lowest BCUT2D eigenvalue weighted by Gasteiger charge is -2.20. The molecule has 6 nitrogen and oxygen atoms in total. The van der Waals surface area contributed by atoms with Gasteiger partial charge in [0.2, 0.25) is 0 Å². The first-order valence-electron chi connectivity index (χ1n) is 6.72. The summed E-state index contributed by atoms with van der Waals surface area (Å²) in [5.41, 5.74) is 2.02. The molecule has 6 heteroatoms. The van der Waals surface area contributed by atoms with E-state index in [-0.39, 0.29) is 11.6 Å². The van der Waals surface area contributed by atoms with Crippen molar-refractivity contribution >= 4 is 17.7 Å². The molecule has 2 N–H and O–H groups in total. The van der Waals surface area contributed by atoms with Crippen LogP contribution in [0.5, 0.6) is 0 Å². The van der Waals surface area contributed by atoms with Gasteiger partial charge in [0.15, 0.2) is 0 Å². The zero-order valence-corrected chi connectivity index (χ0v) is 12.9. The first-order chi connectivity index (χ1) is 9.86. The number of anilines is 1. The molecule has 0 aromatic heterocycles. The number of hydrogen-bond donors (Lipinski definition) is 2. The second-order valence-electron chi connectivity index (χ2n) is 5.01. The summed E-state index contributed by atoms with van der Waals surface area (Å²) in [6.45, 7) is 4.70. The third-order valence-electron chi connectivity index (χ3n) is 3.13. The molecule has 1 aromatic rings. The minimum atomic E-state index is -1.06. The zero-order chi connectivity index (χ0) is 16.0. The largest absolute Gasteiger partial charge is 0.478 e. The van der Waals surface area contributed by atoms with Crippen molar-refractivity contribution in [2.24, 2.45) is 0 Å². The van der Waals surface area contributed by atoms with Crippen molar-refractivity contribution < 1.29 is 19.4 Å². The average Bonchev–Trinajstić information content (AvgIpc) is 2.41. The van der Waals surface area contributed by atoms with Gasteiger partial charge in [-0.25, -0.2) is 9.59 Å². The summed E-state index contributed by atoms with van der Waals surface area (Å²) < 4.78 is 4.94. The van der Waals surface area contributed by atoms with Crippen LogP contribution in [0.2, 0.25) is 0 Å². The van der Waals surface area contributed by atoms with Gasteiger partial charge >= 0.3 is 12.0 Å². The van der Waals surface area contributed by atoms with Crippen LogP contribution in [0, 0.1) is 13.8 Å². The molecule has 0 radical (unpaired) electrons. The number of aryl methyl sites for hydroxylation is 2. The van der Waals surface area contributed by atoms with E-state index in [4.69, 9.17) is 4.74 Å². The number of aromatic carboxylic acids is 1. The molecule has 0 bridgehead atoms. The Bertz CT molecular complexity index is 529. The van der Waals surface area contributed by atoms with Gasteiger partial charge in [-0.2, -0.15) is 0 Å². The molecular weight excluding hydrogens is 272 g/mol. The van der Waals surface area contributed by atoms with Crippen molar-refractivity contribution in [3.8, 4) is 0 Å². The van der Waals surface area contributed by atoms with E-state index in [0.717, 1.165) is 17.5 Å². The molecule has 0 fully saturated rings. The van der Waals surface area contributed by atoms with Crippen molar-refractivity contribution in [1.29, 1.82) is 0 Å². The minimum absolute atomic E-state index is 0.103.